The van der Waals surface area contributed by atoms with Crippen molar-refractivity contribution in [2.45, 2.75) is 38.5 Å². The number of benzene rings is 6. The molecule has 1 N–H and O–H groups in total. The van der Waals surface area contributed by atoms with Gasteiger partial charge in [-0.05, 0) is 100 Å². The van der Waals surface area contributed by atoms with Crippen molar-refractivity contribution in [3.8, 4) is 39.4 Å². The van der Waals surface area contributed by atoms with Gasteiger partial charge in [0.1, 0.15) is 11.6 Å². The van der Waals surface area contributed by atoms with Crippen molar-refractivity contribution in [3.05, 3.63) is 217 Å². The number of phenolic OH excluding ortho intramolecular Hbond substituents is 1. The summed E-state index contributed by atoms with van der Waals surface area (Å²) in [5.41, 5.74) is 11.5. The van der Waals surface area contributed by atoms with E-state index in [1.54, 1.807) is 6.07 Å². The monoisotopic (exact) mass is 727 g/mol. The smallest absolute Gasteiger partial charge is 0.137 e. The molecule has 6 aromatic carbocycles. The summed E-state index contributed by atoms with van der Waals surface area (Å²) in [6, 6.07) is 65.0. The Bertz CT molecular complexity index is 2570. The second kappa shape index (κ2) is 15.2. The molecular formula is C52H45N3O. The highest BCUT2D eigenvalue weighted by Crippen LogP contribution is 2.43. The van der Waals surface area contributed by atoms with Crippen LogP contribution in [0.25, 0.3) is 33.6 Å². The van der Waals surface area contributed by atoms with Gasteiger partial charge in [-0.2, -0.15) is 0 Å². The molecule has 2 aromatic heterocycles. The quantitative estimate of drug-likeness (QED) is 0.152. The number of nitrogens with zero attached hydrogens (tertiary/aromatic N) is 3. The van der Waals surface area contributed by atoms with Gasteiger partial charge in [0.25, 0.3) is 0 Å². The summed E-state index contributed by atoms with van der Waals surface area (Å²) in [5.74, 6) is 1.00. The van der Waals surface area contributed by atoms with Crippen LogP contribution in [-0.2, 0) is 10.8 Å². The summed E-state index contributed by atoms with van der Waals surface area (Å²) in [7, 11) is 0. The molecule has 56 heavy (non-hydrogen) atoms. The van der Waals surface area contributed by atoms with E-state index in [0.29, 0.717) is 11.3 Å². The molecule has 0 saturated carbocycles. The minimum atomic E-state index is -0.358. The minimum Gasteiger partial charge on any atom is -0.507 e. The van der Waals surface area contributed by atoms with Crippen molar-refractivity contribution in [1.82, 2.24) is 9.97 Å². The third-order valence-corrected chi connectivity index (χ3v) is 11.0. The Morgan fingerprint density at radius 1 is 0.429 bits per heavy atom. The van der Waals surface area contributed by atoms with Gasteiger partial charge in [-0.1, -0.05) is 149 Å². The van der Waals surface area contributed by atoms with Gasteiger partial charge >= 0.3 is 0 Å². The maximum atomic E-state index is 11.0. The van der Waals surface area contributed by atoms with E-state index in [-0.39, 0.29) is 16.6 Å². The number of aromatic hydroxyl groups is 1. The number of anilines is 3. The van der Waals surface area contributed by atoms with E-state index < -0.39 is 0 Å². The topological polar surface area (TPSA) is 49.2 Å². The molecule has 0 amide bonds. The molecule has 0 saturated heterocycles. The zero-order chi connectivity index (χ0) is 38.7. The number of hydrogen-bond acceptors (Lipinski definition) is 4. The Kier molecular flexibility index (Phi) is 9.80. The Morgan fingerprint density at radius 3 is 1.61 bits per heavy atom. The first-order chi connectivity index (χ1) is 27.2. The molecule has 0 aliphatic heterocycles. The largest absolute Gasteiger partial charge is 0.507 e. The van der Waals surface area contributed by atoms with Crippen LogP contribution in [0.5, 0.6) is 5.75 Å². The van der Waals surface area contributed by atoms with Crippen molar-refractivity contribution >= 4 is 17.2 Å². The number of para-hydroxylation sites is 1. The van der Waals surface area contributed by atoms with Crippen molar-refractivity contribution in [2.75, 3.05) is 4.90 Å². The highest BCUT2D eigenvalue weighted by molar-refractivity contribution is 5.83. The molecule has 0 unspecified atom stereocenters. The van der Waals surface area contributed by atoms with Gasteiger partial charge < -0.3 is 5.11 Å². The molecular weight excluding hydrogens is 683 g/mol. The van der Waals surface area contributed by atoms with Crippen LogP contribution >= 0.6 is 0 Å². The first-order valence-corrected chi connectivity index (χ1v) is 19.1. The fraction of sp³-hybridized carbons (Fsp3) is 0.115. The maximum Gasteiger partial charge on any atom is 0.137 e. The Labute approximate surface area is 330 Å². The third kappa shape index (κ3) is 7.22. The predicted molar refractivity (Wildman–Crippen MR) is 232 cm³/mol. The van der Waals surface area contributed by atoms with Crippen molar-refractivity contribution < 1.29 is 5.11 Å². The number of hydrogen-bond donors (Lipinski definition) is 1. The molecule has 2 heterocycles. The lowest BCUT2D eigenvalue weighted by Gasteiger charge is -2.31. The Hall–Kier alpha value is -6.78. The van der Waals surface area contributed by atoms with Crippen LogP contribution < -0.4 is 4.90 Å². The second-order valence-corrected chi connectivity index (χ2v) is 15.3. The highest BCUT2D eigenvalue weighted by Gasteiger charge is 2.28. The van der Waals surface area contributed by atoms with Crippen LogP contribution in [0, 0.1) is 0 Å². The summed E-state index contributed by atoms with van der Waals surface area (Å²) in [4.78, 5) is 12.4. The SMILES string of the molecule is CC(C)(c1ccccc1)c1ccc(N(c2cc(-c3cc(-c4ccccc4)cc(-c4ccccc4O)n3)cc(C(C)(C)c3ccccc3)c2)c2ccccn2)cc1. The van der Waals surface area contributed by atoms with E-state index in [0.717, 1.165) is 45.1 Å². The summed E-state index contributed by atoms with van der Waals surface area (Å²) in [6.45, 7) is 9.10. The summed E-state index contributed by atoms with van der Waals surface area (Å²) in [5, 5.41) is 11.0. The fourth-order valence-electron chi connectivity index (χ4n) is 7.52. The average Bonchev–Trinajstić information content (AvgIpc) is 3.25. The lowest BCUT2D eigenvalue weighted by molar-refractivity contribution is 0.477. The first kappa shape index (κ1) is 36.2. The molecule has 0 aliphatic carbocycles. The second-order valence-electron chi connectivity index (χ2n) is 15.3. The van der Waals surface area contributed by atoms with Crippen molar-refractivity contribution in [3.63, 3.8) is 0 Å². The molecule has 0 aliphatic rings. The van der Waals surface area contributed by atoms with Crippen LogP contribution in [-0.4, -0.2) is 15.1 Å². The lowest BCUT2D eigenvalue weighted by atomic mass is 9.77. The molecule has 274 valence electrons. The maximum absolute atomic E-state index is 11.0. The van der Waals surface area contributed by atoms with E-state index in [1.807, 2.05) is 54.7 Å². The summed E-state index contributed by atoms with van der Waals surface area (Å²) in [6.07, 6.45) is 1.84. The van der Waals surface area contributed by atoms with Crippen LogP contribution in [0.1, 0.15) is 49.9 Å². The van der Waals surface area contributed by atoms with Gasteiger partial charge in [0.2, 0.25) is 0 Å². The van der Waals surface area contributed by atoms with E-state index >= 15 is 0 Å². The van der Waals surface area contributed by atoms with E-state index in [9.17, 15) is 5.11 Å². The first-order valence-electron chi connectivity index (χ1n) is 19.1. The summed E-state index contributed by atoms with van der Waals surface area (Å²) >= 11 is 0. The van der Waals surface area contributed by atoms with Crippen LogP contribution in [0.3, 0.4) is 0 Å². The van der Waals surface area contributed by atoms with Crippen molar-refractivity contribution in [1.29, 1.82) is 0 Å². The molecule has 8 rings (SSSR count). The van der Waals surface area contributed by atoms with Crippen molar-refractivity contribution in [2.24, 2.45) is 0 Å². The van der Waals surface area contributed by atoms with Gasteiger partial charge in [0.15, 0.2) is 0 Å². The zero-order valence-electron chi connectivity index (χ0n) is 32.3. The molecule has 4 nitrogen and oxygen atoms in total. The molecule has 0 bridgehead atoms. The number of pyridine rings is 2. The average molecular weight is 728 g/mol. The number of rotatable bonds is 10. The summed E-state index contributed by atoms with van der Waals surface area (Å²) < 4.78 is 0. The highest BCUT2D eigenvalue weighted by atomic mass is 16.3. The van der Waals surface area contributed by atoms with Crippen LogP contribution in [0.15, 0.2) is 194 Å². The Morgan fingerprint density at radius 2 is 0.982 bits per heavy atom. The molecule has 4 heteroatoms. The number of aromatic nitrogens is 2. The molecule has 0 fully saturated rings. The standard InChI is InChI=1S/C52H45N3O/c1-51(2,40-20-10-6-11-21-40)42-27-29-44(30-28-42)55(50-26-16-17-31-53-50)45-33-39(32-43(36-45)52(3,4)41-22-12-7-13-23-41)47-34-38(37-18-8-5-9-19-37)35-48(54-47)46-24-14-15-25-49(46)56/h5-36,56H,1-4H3. The van der Waals surface area contributed by atoms with Crippen LogP contribution in [0.2, 0.25) is 0 Å². The zero-order valence-corrected chi connectivity index (χ0v) is 32.3. The molecule has 0 spiro atoms. The van der Waals surface area contributed by atoms with E-state index in [2.05, 4.69) is 166 Å². The molecule has 0 atom stereocenters. The van der Waals surface area contributed by atoms with E-state index in [4.69, 9.17) is 9.97 Å². The third-order valence-electron chi connectivity index (χ3n) is 11.0. The van der Waals surface area contributed by atoms with Gasteiger partial charge in [0, 0.05) is 39.5 Å². The lowest BCUT2D eigenvalue weighted by Crippen LogP contribution is -2.21. The van der Waals surface area contributed by atoms with E-state index in [1.165, 1.54) is 16.7 Å². The molecule has 0 radical (unpaired) electrons. The van der Waals surface area contributed by atoms with Gasteiger partial charge in [-0.3, -0.25) is 4.90 Å². The number of phenols is 1. The van der Waals surface area contributed by atoms with Gasteiger partial charge in [-0.25, -0.2) is 9.97 Å². The predicted octanol–water partition coefficient (Wildman–Crippen LogP) is 13.3. The van der Waals surface area contributed by atoms with Gasteiger partial charge in [0.05, 0.1) is 11.4 Å². The Balaban J connectivity index is 1.35. The minimum absolute atomic E-state index is 0.178. The molecule has 8 aromatic rings. The normalized spacial score (nSPS) is 11.6. The van der Waals surface area contributed by atoms with Crippen LogP contribution in [0.4, 0.5) is 17.2 Å². The fourth-order valence-corrected chi connectivity index (χ4v) is 7.52. The van der Waals surface area contributed by atoms with Gasteiger partial charge in [-0.15, -0.1) is 0 Å².